The fourth-order valence-corrected chi connectivity index (χ4v) is 3.76. The third-order valence-corrected chi connectivity index (χ3v) is 5.63. The van der Waals surface area contributed by atoms with E-state index >= 15 is 0 Å². The number of hydrogen-bond donors (Lipinski definition) is 0. The van der Waals surface area contributed by atoms with E-state index in [1.807, 2.05) is 24.3 Å². The molecule has 0 aromatic heterocycles. The number of allylic oxidation sites excluding steroid dienone is 1. The van der Waals surface area contributed by atoms with Crippen LogP contribution in [0.15, 0.2) is 42.5 Å². The highest BCUT2D eigenvalue weighted by molar-refractivity contribution is 5.93. The zero-order valence-corrected chi connectivity index (χ0v) is 19.3. The van der Waals surface area contributed by atoms with E-state index in [1.54, 1.807) is 40.6 Å². The van der Waals surface area contributed by atoms with Crippen molar-refractivity contribution in [3.05, 3.63) is 48.0 Å². The van der Waals surface area contributed by atoms with Crippen LogP contribution >= 0.6 is 0 Å². The second-order valence-electron chi connectivity index (χ2n) is 7.54. The van der Waals surface area contributed by atoms with Gasteiger partial charge in [-0.15, -0.1) is 0 Å². The van der Waals surface area contributed by atoms with Gasteiger partial charge in [0.2, 0.25) is 5.75 Å². The molecule has 1 saturated heterocycles. The topological polar surface area (TPSA) is 60.5 Å². The SMILES string of the molecule is COc1ccc(N2CCN(CCC(=O)C=Cc3cc(OC)c(OC)c(OC)c3)CC2)cc1. The van der Waals surface area contributed by atoms with Gasteiger partial charge in [0.25, 0.3) is 0 Å². The molecular formula is C25H32N2O5. The van der Waals surface area contributed by atoms with Gasteiger partial charge < -0.3 is 23.8 Å². The highest BCUT2D eigenvalue weighted by atomic mass is 16.5. The first-order chi connectivity index (χ1) is 15.6. The molecule has 0 unspecified atom stereocenters. The Morgan fingerprint density at radius 1 is 0.875 bits per heavy atom. The molecule has 32 heavy (non-hydrogen) atoms. The van der Waals surface area contributed by atoms with E-state index in [-0.39, 0.29) is 5.78 Å². The fraction of sp³-hybridized carbons (Fsp3) is 0.400. The van der Waals surface area contributed by atoms with Crippen molar-refractivity contribution in [1.82, 2.24) is 4.90 Å². The molecule has 1 aliphatic heterocycles. The summed E-state index contributed by atoms with van der Waals surface area (Å²) < 4.78 is 21.3. The van der Waals surface area contributed by atoms with E-state index in [1.165, 1.54) is 5.69 Å². The summed E-state index contributed by atoms with van der Waals surface area (Å²) in [5, 5.41) is 0. The summed E-state index contributed by atoms with van der Waals surface area (Å²) >= 11 is 0. The number of carbonyl (C=O) groups excluding carboxylic acids is 1. The lowest BCUT2D eigenvalue weighted by Crippen LogP contribution is -2.46. The standard InChI is InChI=1S/C25H32N2O5/c1-29-22-9-6-20(7-10-22)27-15-13-26(14-16-27)12-11-21(28)8-5-19-17-23(30-2)25(32-4)24(18-19)31-3/h5-10,17-18H,11-16H2,1-4H3. The average Bonchev–Trinajstić information content (AvgIpc) is 2.85. The predicted molar refractivity (Wildman–Crippen MR) is 126 cm³/mol. The number of ketones is 1. The van der Waals surface area contributed by atoms with E-state index in [0.717, 1.165) is 44.0 Å². The minimum absolute atomic E-state index is 0.0938. The van der Waals surface area contributed by atoms with Crippen LogP contribution in [0, 0.1) is 0 Å². The van der Waals surface area contributed by atoms with Crippen molar-refractivity contribution in [2.24, 2.45) is 0 Å². The first kappa shape index (κ1) is 23.5. The molecule has 0 aliphatic carbocycles. The van der Waals surface area contributed by atoms with E-state index < -0.39 is 0 Å². The first-order valence-electron chi connectivity index (χ1n) is 10.7. The van der Waals surface area contributed by atoms with E-state index in [9.17, 15) is 4.79 Å². The number of anilines is 1. The molecule has 0 amide bonds. The van der Waals surface area contributed by atoms with Crippen molar-refractivity contribution in [3.8, 4) is 23.0 Å². The van der Waals surface area contributed by atoms with Gasteiger partial charge in [0, 0.05) is 44.8 Å². The minimum Gasteiger partial charge on any atom is -0.497 e. The maximum absolute atomic E-state index is 12.4. The number of ether oxygens (including phenoxy) is 4. The molecule has 0 bridgehead atoms. The number of nitrogens with zero attached hydrogens (tertiary/aromatic N) is 2. The molecule has 2 aromatic rings. The molecule has 7 nitrogen and oxygen atoms in total. The fourth-order valence-electron chi connectivity index (χ4n) is 3.76. The largest absolute Gasteiger partial charge is 0.497 e. The Morgan fingerprint density at radius 3 is 2.03 bits per heavy atom. The number of rotatable bonds is 10. The van der Waals surface area contributed by atoms with Crippen LogP contribution in [0.25, 0.3) is 6.08 Å². The summed E-state index contributed by atoms with van der Waals surface area (Å²) in [6.07, 6.45) is 3.90. The minimum atomic E-state index is 0.0938. The van der Waals surface area contributed by atoms with Gasteiger partial charge in [-0.25, -0.2) is 0 Å². The van der Waals surface area contributed by atoms with Gasteiger partial charge in [0.1, 0.15) is 5.75 Å². The summed E-state index contributed by atoms with van der Waals surface area (Å²) in [7, 11) is 6.39. The molecule has 1 aliphatic rings. The van der Waals surface area contributed by atoms with Crippen molar-refractivity contribution < 1.29 is 23.7 Å². The second-order valence-corrected chi connectivity index (χ2v) is 7.54. The van der Waals surface area contributed by atoms with Gasteiger partial charge in [-0.2, -0.15) is 0 Å². The normalized spacial score (nSPS) is 14.4. The Hall–Kier alpha value is -3.19. The van der Waals surface area contributed by atoms with Gasteiger partial charge in [-0.3, -0.25) is 9.69 Å². The van der Waals surface area contributed by atoms with Gasteiger partial charge in [0.05, 0.1) is 28.4 Å². The van der Waals surface area contributed by atoms with Gasteiger partial charge >= 0.3 is 0 Å². The monoisotopic (exact) mass is 440 g/mol. The summed E-state index contributed by atoms with van der Waals surface area (Å²) in [4.78, 5) is 17.1. The Labute approximate surface area is 190 Å². The molecular weight excluding hydrogens is 408 g/mol. The second kappa shape index (κ2) is 11.4. The lowest BCUT2D eigenvalue weighted by Gasteiger charge is -2.36. The number of hydrogen-bond acceptors (Lipinski definition) is 7. The zero-order chi connectivity index (χ0) is 22.9. The Morgan fingerprint density at radius 2 is 1.50 bits per heavy atom. The van der Waals surface area contributed by atoms with Crippen LogP contribution in [-0.2, 0) is 4.79 Å². The van der Waals surface area contributed by atoms with Crippen molar-refractivity contribution in [2.75, 3.05) is 66.1 Å². The van der Waals surface area contributed by atoms with E-state index in [4.69, 9.17) is 18.9 Å². The third-order valence-electron chi connectivity index (χ3n) is 5.63. The molecule has 0 radical (unpaired) electrons. The van der Waals surface area contributed by atoms with Crippen LogP contribution in [0.4, 0.5) is 5.69 Å². The summed E-state index contributed by atoms with van der Waals surface area (Å²) in [5.41, 5.74) is 2.02. The molecule has 2 aromatic carbocycles. The van der Waals surface area contributed by atoms with Gasteiger partial charge in [0.15, 0.2) is 17.3 Å². The summed E-state index contributed by atoms with van der Waals surface area (Å²) in [6, 6.07) is 11.8. The lowest BCUT2D eigenvalue weighted by molar-refractivity contribution is -0.114. The molecule has 0 spiro atoms. The average molecular weight is 441 g/mol. The smallest absolute Gasteiger partial charge is 0.203 e. The highest BCUT2D eigenvalue weighted by Gasteiger charge is 2.17. The van der Waals surface area contributed by atoms with Crippen molar-refractivity contribution in [2.45, 2.75) is 6.42 Å². The van der Waals surface area contributed by atoms with Crippen LogP contribution in [0.1, 0.15) is 12.0 Å². The van der Waals surface area contributed by atoms with Crippen molar-refractivity contribution in [3.63, 3.8) is 0 Å². The van der Waals surface area contributed by atoms with Gasteiger partial charge in [-0.1, -0.05) is 6.08 Å². The van der Waals surface area contributed by atoms with E-state index in [2.05, 4.69) is 21.9 Å². The van der Waals surface area contributed by atoms with Crippen molar-refractivity contribution >= 4 is 17.5 Å². The number of carbonyl (C=O) groups is 1. The molecule has 7 heteroatoms. The summed E-state index contributed by atoms with van der Waals surface area (Å²) in [6.45, 7) is 4.53. The Balaban J connectivity index is 1.48. The Kier molecular flexibility index (Phi) is 8.39. The summed E-state index contributed by atoms with van der Waals surface area (Å²) in [5.74, 6) is 2.62. The van der Waals surface area contributed by atoms with Crippen LogP contribution < -0.4 is 23.8 Å². The molecule has 3 rings (SSSR count). The number of piperazine rings is 1. The van der Waals surface area contributed by atoms with Crippen LogP contribution in [0.2, 0.25) is 0 Å². The molecule has 172 valence electrons. The number of benzene rings is 2. The molecule has 0 N–H and O–H groups in total. The quantitative estimate of drug-likeness (QED) is 0.524. The van der Waals surface area contributed by atoms with Crippen molar-refractivity contribution in [1.29, 1.82) is 0 Å². The van der Waals surface area contributed by atoms with Gasteiger partial charge in [-0.05, 0) is 48.0 Å². The first-order valence-corrected chi connectivity index (χ1v) is 10.7. The highest BCUT2D eigenvalue weighted by Crippen LogP contribution is 2.38. The zero-order valence-electron chi connectivity index (χ0n) is 19.3. The van der Waals surface area contributed by atoms with Crippen LogP contribution in [0.5, 0.6) is 23.0 Å². The number of methoxy groups -OCH3 is 4. The Bertz CT molecular complexity index is 893. The molecule has 1 heterocycles. The van der Waals surface area contributed by atoms with E-state index in [0.29, 0.717) is 23.7 Å². The third kappa shape index (κ3) is 5.95. The maximum atomic E-state index is 12.4. The maximum Gasteiger partial charge on any atom is 0.203 e. The molecule has 0 saturated carbocycles. The lowest BCUT2D eigenvalue weighted by atomic mass is 10.1. The van der Waals surface area contributed by atoms with Crippen LogP contribution in [-0.4, -0.2) is 71.8 Å². The molecule has 1 fully saturated rings. The van der Waals surface area contributed by atoms with Crippen LogP contribution in [0.3, 0.4) is 0 Å². The predicted octanol–water partition coefficient (Wildman–Crippen LogP) is 3.52. The molecule has 0 atom stereocenters.